The number of imide groups is 1. The Hall–Kier alpha value is -3.23. The molecule has 33 heavy (non-hydrogen) atoms. The van der Waals surface area contributed by atoms with E-state index in [2.05, 4.69) is 0 Å². The maximum atomic E-state index is 13.5. The third-order valence-corrected chi connectivity index (χ3v) is 6.52. The van der Waals surface area contributed by atoms with Crippen LogP contribution in [0, 0.1) is 22.0 Å². The van der Waals surface area contributed by atoms with E-state index in [1.165, 1.54) is 30.3 Å². The van der Waals surface area contributed by atoms with Crippen molar-refractivity contribution in [3.05, 3.63) is 85.4 Å². The minimum atomic E-state index is -0.652. The van der Waals surface area contributed by atoms with Crippen molar-refractivity contribution in [3.63, 3.8) is 0 Å². The Labute approximate surface area is 199 Å². The summed E-state index contributed by atoms with van der Waals surface area (Å²) in [7, 11) is 0. The molecule has 3 amide bonds. The van der Waals surface area contributed by atoms with E-state index < -0.39 is 34.5 Å². The van der Waals surface area contributed by atoms with E-state index >= 15 is 0 Å². The Bertz CT molecular complexity index is 1200. The van der Waals surface area contributed by atoms with Gasteiger partial charge in [0.25, 0.3) is 23.4 Å². The number of hydrazine groups is 1. The van der Waals surface area contributed by atoms with Crippen molar-refractivity contribution in [2.45, 2.75) is 26.3 Å². The highest BCUT2D eigenvalue weighted by atomic mass is 35.5. The van der Waals surface area contributed by atoms with Gasteiger partial charge in [0.15, 0.2) is 0 Å². The van der Waals surface area contributed by atoms with Crippen LogP contribution in [0.4, 0.5) is 5.69 Å². The number of allylic oxidation sites excluding steroid dienone is 2. The number of nitrogens with zero attached hydrogens (tertiary/aromatic N) is 3. The monoisotopic (exact) mass is 487 g/mol. The molecule has 2 aromatic rings. The zero-order chi connectivity index (χ0) is 23.9. The normalized spacial score (nSPS) is 19.8. The average molecular weight is 488 g/mol. The van der Waals surface area contributed by atoms with Crippen LogP contribution in [0.25, 0.3) is 0 Å². The van der Waals surface area contributed by atoms with E-state index in [0.29, 0.717) is 23.4 Å². The predicted octanol–water partition coefficient (Wildman–Crippen LogP) is 4.80. The van der Waals surface area contributed by atoms with Crippen LogP contribution >= 0.6 is 23.2 Å². The standard InChI is InChI=1S/C23H19Cl2N3O5/c1-13-2-9-18-19(10-13)23(31)27(22(18)30)26(12-15-3-6-16(24)11-20(15)25)21(29)14-4-7-17(8-5-14)28(32)33/h2-8,11,18-19H,9-10,12H2,1H3/t18-,19-/m0/s1. The van der Waals surface area contributed by atoms with E-state index in [1.54, 1.807) is 12.1 Å². The molecule has 0 bridgehead atoms. The lowest BCUT2D eigenvalue weighted by atomic mass is 9.82. The molecule has 4 rings (SSSR count). The molecule has 170 valence electrons. The van der Waals surface area contributed by atoms with Crippen molar-refractivity contribution in [1.82, 2.24) is 10.0 Å². The second-order valence-corrected chi connectivity index (χ2v) is 8.94. The smallest absolute Gasteiger partial charge is 0.272 e. The van der Waals surface area contributed by atoms with Gasteiger partial charge in [-0.15, -0.1) is 0 Å². The van der Waals surface area contributed by atoms with E-state index in [-0.39, 0.29) is 22.8 Å². The predicted molar refractivity (Wildman–Crippen MR) is 121 cm³/mol. The number of carbonyl (C=O) groups is 3. The summed E-state index contributed by atoms with van der Waals surface area (Å²) >= 11 is 12.3. The zero-order valence-electron chi connectivity index (χ0n) is 17.5. The van der Waals surface area contributed by atoms with Gasteiger partial charge in [-0.3, -0.25) is 24.5 Å². The summed E-state index contributed by atoms with van der Waals surface area (Å²) in [6, 6.07) is 9.69. The number of nitro groups is 1. The van der Waals surface area contributed by atoms with Gasteiger partial charge in [-0.25, -0.2) is 5.01 Å². The molecular weight excluding hydrogens is 469 g/mol. The van der Waals surface area contributed by atoms with Gasteiger partial charge in [-0.2, -0.15) is 5.01 Å². The second-order valence-electron chi connectivity index (χ2n) is 8.09. The molecule has 2 aliphatic rings. The quantitative estimate of drug-likeness (QED) is 0.261. The Morgan fingerprint density at radius 1 is 1.12 bits per heavy atom. The van der Waals surface area contributed by atoms with E-state index in [0.717, 1.165) is 15.6 Å². The first-order chi connectivity index (χ1) is 15.7. The van der Waals surface area contributed by atoms with E-state index in [4.69, 9.17) is 23.2 Å². The fourth-order valence-corrected chi connectivity index (χ4v) is 4.65. The minimum Gasteiger partial charge on any atom is -0.272 e. The van der Waals surface area contributed by atoms with Crippen LogP contribution in [0.1, 0.15) is 35.7 Å². The molecular formula is C23H19Cl2N3O5. The highest BCUT2D eigenvalue weighted by molar-refractivity contribution is 6.35. The number of amides is 3. The number of rotatable bonds is 5. The second kappa shape index (κ2) is 8.96. The molecule has 0 aromatic heterocycles. The van der Waals surface area contributed by atoms with Gasteiger partial charge >= 0.3 is 0 Å². The molecule has 1 aliphatic carbocycles. The van der Waals surface area contributed by atoms with Crippen molar-refractivity contribution in [2.75, 3.05) is 0 Å². The molecule has 1 saturated heterocycles. The summed E-state index contributed by atoms with van der Waals surface area (Å²) in [5.41, 5.74) is 1.42. The SMILES string of the molecule is CC1=CC[C@@H]2C(=O)N(N(Cc3ccc(Cl)cc3Cl)C(=O)c3ccc([N+](=O)[O-])cc3)C(=O)[C@H]2C1. The highest BCUT2D eigenvalue weighted by Crippen LogP contribution is 2.39. The highest BCUT2D eigenvalue weighted by Gasteiger charge is 2.51. The third kappa shape index (κ3) is 4.36. The number of hydrogen-bond donors (Lipinski definition) is 0. The molecule has 0 saturated carbocycles. The number of nitro benzene ring substituents is 1. The summed E-state index contributed by atoms with van der Waals surface area (Å²) in [5, 5.41) is 13.6. The Balaban J connectivity index is 1.72. The average Bonchev–Trinajstić information content (AvgIpc) is 3.02. The summed E-state index contributed by atoms with van der Waals surface area (Å²) in [5.74, 6) is -2.61. The third-order valence-electron chi connectivity index (χ3n) is 5.94. The first kappa shape index (κ1) is 22.9. The fourth-order valence-electron chi connectivity index (χ4n) is 4.18. The number of fused-ring (bicyclic) bond motifs is 1. The summed E-state index contributed by atoms with van der Waals surface area (Å²) in [6.45, 7) is 1.75. The number of carbonyl (C=O) groups excluding carboxylic acids is 3. The molecule has 0 spiro atoms. The Morgan fingerprint density at radius 3 is 2.42 bits per heavy atom. The van der Waals surface area contributed by atoms with Crippen LogP contribution in [0.5, 0.6) is 0 Å². The van der Waals surface area contributed by atoms with Gasteiger partial charge in [0.1, 0.15) is 0 Å². The number of halogens is 2. The molecule has 1 aliphatic heterocycles. The lowest BCUT2D eigenvalue weighted by Gasteiger charge is -2.31. The molecule has 2 aromatic carbocycles. The van der Waals surface area contributed by atoms with Gasteiger partial charge in [0.2, 0.25) is 0 Å². The van der Waals surface area contributed by atoms with Gasteiger partial charge in [0, 0.05) is 27.7 Å². The van der Waals surface area contributed by atoms with Crippen LogP contribution < -0.4 is 0 Å². The molecule has 1 heterocycles. The van der Waals surface area contributed by atoms with Crippen molar-refractivity contribution in [3.8, 4) is 0 Å². The van der Waals surface area contributed by atoms with Crippen LogP contribution in [0.2, 0.25) is 10.0 Å². The first-order valence-corrected chi connectivity index (χ1v) is 11.0. The number of hydrogen-bond acceptors (Lipinski definition) is 5. The van der Waals surface area contributed by atoms with Gasteiger partial charge in [0.05, 0.1) is 23.3 Å². The zero-order valence-corrected chi connectivity index (χ0v) is 19.0. The van der Waals surface area contributed by atoms with E-state index in [9.17, 15) is 24.5 Å². The maximum Gasteiger partial charge on any atom is 0.273 e. The van der Waals surface area contributed by atoms with Crippen molar-refractivity contribution >= 4 is 46.6 Å². The van der Waals surface area contributed by atoms with Crippen molar-refractivity contribution in [1.29, 1.82) is 0 Å². The minimum absolute atomic E-state index is 0.0930. The van der Waals surface area contributed by atoms with Gasteiger partial charge < -0.3 is 0 Å². The number of benzene rings is 2. The Kier molecular flexibility index (Phi) is 6.23. The van der Waals surface area contributed by atoms with Crippen LogP contribution in [-0.4, -0.2) is 32.7 Å². The van der Waals surface area contributed by atoms with Crippen molar-refractivity contribution in [2.24, 2.45) is 11.8 Å². The molecule has 8 nitrogen and oxygen atoms in total. The van der Waals surface area contributed by atoms with Crippen molar-refractivity contribution < 1.29 is 19.3 Å². The van der Waals surface area contributed by atoms with Gasteiger partial charge in [-0.05, 0) is 49.6 Å². The van der Waals surface area contributed by atoms with Crippen LogP contribution in [-0.2, 0) is 16.1 Å². The summed E-state index contributed by atoms with van der Waals surface area (Å²) in [6.07, 6.45) is 2.82. The fraction of sp³-hybridized carbons (Fsp3) is 0.261. The lowest BCUT2D eigenvalue weighted by Crippen LogP contribution is -2.49. The molecule has 10 heteroatoms. The molecule has 0 unspecified atom stereocenters. The Morgan fingerprint density at radius 2 is 1.79 bits per heavy atom. The summed E-state index contributed by atoms with van der Waals surface area (Å²) in [4.78, 5) is 50.4. The van der Waals surface area contributed by atoms with Crippen LogP contribution in [0.15, 0.2) is 54.1 Å². The topological polar surface area (TPSA) is 101 Å². The van der Waals surface area contributed by atoms with Crippen LogP contribution in [0.3, 0.4) is 0 Å². The van der Waals surface area contributed by atoms with Gasteiger partial charge in [-0.1, -0.05) is 40.9 Å². The van der Waals surface area contributed by atoms with E-state index in [1.807, 2.05) is 13.0 Å². The number of non-ortho nitro benzene ring substituents is 1. The summed E-state index contributed by atoms with van der Waals surface area (Å²) < 4.78 is 0. The molecule has 0 N–H and O–H groups in total. The first-order valence-electron chi connectivity index (χ1n) is 10.2. The maximum absolute atomic E-state index is 13.5. The molecule has 2 atom stereocenters. The lowest BCUT2D eigenvalue weighted by molar-refractivity contribution is -0.384. The molecule has 1 fully saturated rings. The largest absolute Gasteiger partial charge is 0.273 e. The molecule has 0 radical (unpaired) electrons.